The van der Waals surface area contributed by atoms with E-state index in [9.17, 15) is 14.4 Å². The molecule has 1 aromatic rings. The molecule has 1 atom stereocenters. The van der Waals surface area contributed by atoms with Crippen LogP contribution in [0.5, 0.6) is 0 Å². The maximum absolute atomic E-state index is 12.0. The van der Waals surface area contributed by atoms with E-state index in [1.807, 2.05) is 45.0 Å². The average Bonchev–Trinajstić information content (AvgIpc) is 2.69. The maximum atomic E-state index is 12.0. The van der Waals surface area contributed by atoms with Crippen LogP contribution in [-0.4, -0.2) is 29.9 Å². The first-order valence-corrected chi connectivity index (χ1v) is 11.6. The first kappa shape index (κ1) is 24.9. The Labute approximate surface area is 186 Å². The largest absolute Gasteiger partial charge is 0.460 e. The van der Waals surface area contributed by atoms with E-state index in [1.54, 1.807) is 0 Å². The Kier molecular flexibility index (Phi) is 10.0. The molecule has 31 heavy (non-hydrogen) atoms. The minimum Gasteiger partial charge on any atom is -0.460 e. The number of rotatable bonds is 12. The van der Waals surface area contributed by atoms with E-state index in [0.717, 1.165) is 43.5 Å². The number of nitrogens with one attached hydrogen (secondary N) is 2. The summed E-state index contributed by atoms with van der Waals surface area (Å²) in [4.78, 5) is 34.9. The molecule has 1 fully saturated rings. The van der Waals surface area contributed by atoms with Crippen LogP contribution in [0.1, 0.15) is 96.5 Å². The summed E-state index contributed by atoms with van der Waals surface area (Å²) in [5.41, 5.74) is 1.63. The summed E-state index contributed by atoms with van der Waals surface area (Å²) in [5.74, 6) is -0.693. The molecule has 2 N–H and O–H groups in total. The number of esters is 1. The van der Waals surface area contributed by atoms with Crippen molar-refractivity contribution in [1.82, 2.24) is 5.32 Å². The number of hydrogen-bond acceptors (Lipinski definition) is 5. The Bertz CT molecular complexity index is 722. The number of hydrogen-bond donors (Lipinski definition) is 2. The van der Waals surface area contributed by atoms with Crippen LogP contribution in [0, 0.1) is 0 Å². The molecule has 0 aromatic heterocycles. The minimum absolute atomic E-state index is 0.0938. The Balaban J connectivity index is 1.49. The second-order valence-corrected chi connectivity index (χ2v) is 9.36. The lowest BCUT2D eigenvalue weighted by Crippen LogP contribution is -2.39. The molecule has 2 amide bonds. The molecule has 1 unspecified atom stereocenters. The van der Waals surface area contributed by atoms with Gasteiger partial charge in [0.25, 0.3) is 0 Å². The lowest BCUT2D eigenvalue weighted by atomic mass is 9.90. The molecule has 172 valence electrons. The van der Waals surface area contributed by atoms with E-state index in [1.165, 1.54) is 19.3 Å². The number of anilines is 1. The van der Waals surface area contributed by atoms with E-state index in [-0.39, 0.29) is 29.3 Å². The van der Waals surface area contributed by atoms with Gasteiger partial charge in [0.05, 0.1) is 5.92 Å². The zero-order valence-corrected chi connectivity index (χ0v) is 19.3. The number of unbranched alkanes of at least 4 members (excludes halogenated alkanes) is 6. The third-order valence-electron chi connectivity index (χ3n) is 5.36. The average molecular weight is 431 g/mol. The second kappa shape index (κ2) is 12.5. The van der Waals surface area contributed by atoms with Crippen molar-refractivity contribution in [3.63, 3.8) is 0 Å². The van der Waals surface area contributed by atoms with Crippen LogP contribution in [0.4, 0.5) is 5.69 Å². The van der Waals surface area contributed by atoms with Crippen molar-refractivity contribution in [2.45, 2.75) is 96.5 Å². The lowest BCUT2D eigenvalue weighted by molar-refractivity contribution is -0.155. The van der Waals surface area contributed by atoms with Gasteiger partial charge >= 0.3 is 5.97 Å². The second-order valence-electron chi connectivity index (χ2n) is 9.36. The zero-order valence-electron chi connectivity index (χ0n) is 19.3. The van der Waals surface area contributed by atoms with Gasteiger partial charge in [0.1, 0.15) is 5.60 Å². The van der Waals surface area contributed by atoms with Crippen LogP contribution in [-0.2, 0) is 19.1 Å². The number of amides is 2. The number of piperidine rings is 1. The van der Waals surface area contributed by atoms with Gasteiger partial charge in [-0.3, -0.25) is 19.7 Å². The Hall–Kier alpha value is -2.37. The van der Waals surface area contributed by atoms with Gasteiger partial charge in [0.2, 0.25) is 11.8 Å². The van der Waals surface area contributed by atoms with E-state index >= 15 is 0 Å². The predicted octanol–water partition coefficient (Wildman–Crippen LogP) is 5.08. The van der Waals surface area contributed by atoms with Gasteiger partial charge in [-0.25, -0.2) is 0 Å². The Morgan fingerprint density at radius 3 is 2.23 bits per heavy atom. The SMILES string of the molecule is CC(C)(C)OC(=O)CCCCCCCCCNc1ccc(C2CCC(=O)NC2=O)cc1. The van der Waals surface area contributed by atoms with E-state index in [2.05, 4.69) is 10.6 Å². The highest BCUT2D eigenvalue weighted by molar-refractivity contribution is 6.00. The third kappa shape index (κ3) is 9.99. The molecule has 2 rings (SSSR count). The summed E-state index contributed by atoms with van der Waals surface area (Å²) >= 11 is 0. The molecular weight excluding hydrogens is 392 g/mol. The molecule has 0 radical (unpaired) electrons. The van der Waals surface area contributed by atoms with Gasteiger partial charge in [0.15, 0.2) is 0 Å². The molecule has 1 aromatic carbocycles. The van der Waals surface area contributed by atoms with Crippen LogP contribution >= 0.6 is 0 Å². The molecule has 0 aliphatic carbocycles. The summed E-state index contributed by atoms with van der Waals surface area (Å²) in [6, 6.07) is 7.95. The van der Waals surface area contributed by atoms with Crippen molar-refractivity contribution in [1.29, 1.82) is 0 Å². The van der Waals surface area contributed by atoms with Gasteiger partial charge in [0, 0.05) is 25.1 Å². The smallest absolute Gasteiger partial charge is 0.306 e. The number of carbonyl (C=O) groups excluding carboxylic acids is 3. The highest BCUT2D eigenvalue weighted by atomic mass is 16.6. The molecule has 6 nitrogen and oxygen atoms in total. The van der Waals surface area contributed by atoms with Gasteiger partial charge < -0.3 is 10.1 Å². The van der Waals surface area contributed by atoms with Crippen molar-refractivity contribution in [3.05, 3.63) is 29.8 Å². The maximum Gasteiger partial charge on any atom is 0.306 e. The fraction of sp³-hybridized carbons (Fsp3) is 0.640. The van der Waals surface area contributed by atoms with Crippen LogP contribution < -0.4 is 10.6 Å². The fourth-order valence-electron chi connectivity index (χ4n) is 3.75. The first-order valence-electron chi connectivity index (χ1n) is 11.6. The molecule has 1 heterocycles. The summed E-state index contributed by atoms with van der Waals surface area (Å²) in [6.07, 6.45) is 9.38. The topological polar surface area (TPSA) is 84.5 Å². The molecule has 6 heteroatoms. The van der Waals surface area contributed by atoms with Gasteiger partial charge in [-0.05, 0) is 57.7 Å². The van der Waals surface area contributed by atoms with Crippen LogP contribution in [0.3, 0.4) is 0 Å². The molecule has 1 aliphatic rings. The summed E-state index contributed by atoms with van der Waals surface area (Å²) < 4.78 is 5.32. The summed E-state index contributed by atoms with van der Waals surface area (Å²) in [5, 5.41) is 5.84. The van der Waals surface area contributed by atoms with Crippen molar-refractivity contribution >= 4 is 23.5 Å². The van der Waals surface area contributed by atoms with Crippen molar-refractivity contribution in [2.24, 2.45) is 0 Å². The van der Waals surface area contributed by atoms with Crippen molar-refractivity contribution in [2.75, 3.05) is 11.9 Å². The first-order chi connectivity index (χ1) is 14.7. The number of imide groups is 1. The highest BCUT2D eigenvalue weighted by Gasteiger charge is 2.27. The molecule has 0 saturated carbocycles. The van der Waals surface area contributed by atoms with Crippen molar-refractivity contribution < 1.29 is 19.1 Å². The predicted molar refractivity (Wildman–Crippen MR) is 123 cm³/mol. The highest BCUT2D eigenvalue weighted by Crippen LogP contribution is 2.25. The molecule has 1 aliphatic heterocycles. The quantitative estimate of drug-likeness (QED) is 0.274. The van der Waals surface area contributed by atoms with Gasteiger partial charge in [-0.2, -0.15) is 0 Å². The number of ether oxygens (including phenoxy) is 1. The van der Waals surface area contributed by atoms with Crippen LogP contribution in [0.25, 0.3) is 0 Å². The minimum atomic E-state index is -0.388. The summed E-state index contributed by atoms with van der Waals surface area (Å²) in [7, 11) is 0. The van der Waals surface area contributed by atoms with Crippen LogP contribution in [0.2, 0.25) is 0 Å². The van der Waals surface area contributed by atoms with Crippen molar-refractivity contribution in [3.8, 4) is 0 Å². The van der Waals surface area contributed by atoms with E-state index in [0.29, 0.717) is 19.3 Å². The number of benzene rings is 1. The zero-order chi connectivity index (χ0) is 22.7. The molecule has 0 spiro atoms. The molecule has 1 saturated heterocycles. The monoisotopic (exact) mass is 430 g/mol. The molecular formula is C25H38N2O4. The van der Waals surface area contributed by atoms with E-state index in [4.69, 9.17) is 4.74 Å². The van der Waals surface area contributed by atoms with Gasteiger partial charge in [-0.15, -0.1) is 0 Å². The Morgan fingerprint density at radius 1 is 1.00 bits per heavy atom. The normalized spacial score (nSPS) is 16.7. The van der Waals surface area contributed by atoms with E-state index < -0.39 is 0 Å². The third-order valence-corrected chi connectivity index (χ3v) is 5.36. The molecule has 0 bridgehead atoms. The van der Waals surface area contributed by atoms with Crippen LogP contribution in [0.15, 0.2) is 24.3 Å². The number of carbonyl (C=O) groups is 3. The lowest BCUT2D eigenvalue weighted by Gasteiger charge is -2.21. The standard InChI is InChI=1S/C25H38N2O4/c1-25(2,3)31-23(29)11-9-7-5-4-6-8-10-18-26-20-14-12-19(13-15-20)21-16-17-22(28)27-24(21)30/h12-15,21,26H,4-11,16-18H2,1-3H3,(H,27,28,30). The Morgan fingerprint density at radius 2 is 1.61 bits per heavy atom. The fourth-order valence-corrected chi connectivity index (χ4v) is 3.75. The van der Waals surface area contributed by atoms with Gasteiger partial charge in [-0.1, -0.05) is 44.2 Å². The summed E-state index contributed by atoms with van der Waals surface area (Å²) in [6.45, 7) is 6.62.